The standard InChI is InChI=1S/C29H32N6O3/c1-5-37-22-13-14-25-21(16-22)17-24(28(36)30-25)26(27-31-32-33-35(27)29(2,3)4)34(19-23-12-9-15-38-23)18-20-10-7-6-8-11-20/h6-17,26H,5,18-19H2,1-4H3,(H,30,36)/t26-/m0/s1. The highest BCUT2D eigenvalue weighted by atomic mass is 16.5. The third-order valence-electron chi connectivity index (χ3n) is 6.36. The minimum atomic E-state index is -0.571. The van der Waals surface area contributed by atoms with Crippen molar-refractivity contribution in [1.29, 1.82) is 0 Å². The first-order valence-corrected chi connectivity index (χ1v) is 12.7. The summed E-state index contributed by atoms with van der Waals surface area (Å²) in [5.74, 6) is 2.09. The number of nitrogens with zero attached hydrogens (tertiary/aromatic N) is 5. The van der Waals surface area contributed by atoms with E-state index in [1.54, 1.807) is 10.9 Å². The number of rotatable bonds is 9. The van der Waals surface area contributed by atoms with Gasteiger partial charge in [-0.25, -0.2) is 4.68 Å². The Labute approximate surface area is 221 Å². The normalized spacial score (nSPS) is 12.8. The van der Waals surface area contributed by atoms with Crippen molar-refractivity contribution < 1.29 is 9.15 Å². The third-order valence-corrected chi connectivity index (χ3v) is 6.36. The maximum atomic E-state index is 13.7. The molecule has 5 aromatic rings. The second kappa shape index (κ2) is 10.6. The largest absolute Gasteiger partial charge is 0.494 e. The molecular formula is C29H32N6O3. The van der Waals surface area contributed by atoms with E-state index < -0.39 is 11.6 Å². The van der Waals surface area contributed by atoms with Gasteiger partial charge >= 0.3 is 0 Å². The molecule has 1 atom stereocenters. The number of H-pyrrole nitrogens is 1. The van der Waals surface area contributed by atoms with Crippen LogP contribution in [0.5, 0.6) is 5.75 Å². The van der Waals surface area contributed by atoms with Crippen LogP contribution >= 0.6 is 0 Å². The van der Waals surface area contributed by atoms with E-state index in [9.17, 15) is 4.79 Å². The second-order valence-corrected chi connectivity index (χ2v) is 10.2. The van der Waals surface area contributed by atoms with Crippen LogP contribution < -0.4 is 10.3 Å². The number of hydrogen-bond acceptors (Lipinski definition) is 7. The summed E-state index contributed by atoms with van der Waals surface area (Å²) in [5.41, 5.74) is 1.75. The number of fused-ring (bicyclic) bond motifs is 1. The predicted octanol–water partition coefficient (Wildman–Crippen LogP) is 5.05. The number of aromatic nitrogens is 5. The van der Waals surface area contributed by atoms with Gasteiger partial charge in [-0.1, -0.05) is 30.3 Å². The average molecular weight is 513 g/mol. The van der Waals surface area contributed by atoms with Crippen molar-refractivity contribution in [1.82, 2.24) is 30.1 Å². The zero-order valence-corrected chi connectivity index (χ0v) is 22.1. The number of benzene rings is 2. The van der Waals surface area contributed by atoms with E-state index in [1.807, 2.05) is 82.3 Å². The van der Waals surface area contributed by atoms with Gasteiger partial charge in [-0.2, -0.15) is 0 Å². The van der Waals surface area contributed by atoms with Gasteiger partial charge in [-0.15, -0.1) is 5.10 Å². The molecule has 0 saturated heterocycles. The Morgan fingerprint density at radius 2 is 1.87 bits per heavy atom. The van der Waals surface area contributed by atoms with Crippen molar-refractivity contribution in [2.45, 2.75) is 52.4 Å². The summed E-state index contributed by atoms with van der Waals surface area (Å²) in [6.07, 6.45) is 1.66. The first-order chi connectivity index (χ1) is 18.3. The van der Waals surface area contributed by atoms with E-state index in [4.69, 9.17) is 9.15 Å². The Morgan fingerprint density at radius 3 is 2.58 bits per heavy atom. The molecule has 196 valence electrons. The van der Waals surface area contributed by atoms with E-state index >= 15 is 0 Å². The minimum absolute atomic E-state index is 0.201. The molecule has 3 heterocycles. The molecule has 0 spiro atoms. The fourth-order valence-electron chi connectivity index (χ4n) is 4.66. The van der Waals surface area contributed by atoms with Crippen molar-refractivity contribution in [3.63, 3.8) is 0 Å². The second-order valence-electron chi connectivity index (χ2n) is 10.2. The number of furan rings is 1. The van der Waals surface area contributed by atoms with E-state index in [1.165, 1.54) is 0 Å². The maximum Gasteiger partial charge on any atom is 0.253 e. The van der Waals surface area contributed by atoms with Crippen LogP contribution in [0.25, 0.3) is 10.9 Å². The van der Waals surface area contributed by atoms with Crippen LogP contribution in [0.2, 0.25) is 0 Å². The molecule has 2 aromatic carbocycles. The van der Waals surface area contributed by atoms with Gasteiger partial charge in [0.2, 0.25) is 0 Å². The van der Waals surface area contributed by atoms with Crippen molar-refractivity contribution in [3.8, 4) is 5.75 Å². The van der Waals surface area contributed by atoms with E-state index in [2.05, 4.69) is 37.5 Å². The summed E-state index contributed by atoms with van der Waals surface area (Å²) < 4.78 is 13.3. The molecule has 0 aliphatic heterocycles. The summed E-state index contributed by atoms with van der Waals surface area (Å²) in [7, 11) is 0. The highest BCUT2D eigenvalue weighted by Gasteiger charge is 2.34. The molecule has 38 heavy (non-hydrogen) atoms. The Balaban J connectivity index is 1.72. The van der Waals surface area contributed by atoms with Crippen LogP contribution in [0.3, 0.4) is 0 Å². The minimum Gasteiger partial charge on any atom is -0.494 e. The van der Waals surface area contributed by atoms with Gasteiger partial charge in [-0.3, -0.25) is 9.69 Å². The van der Waals surface area contributed by atoms with Gasteiger partial charge in [0.25, 0.3) is 5.56 Å². The Morgan fingerprint density at radius 1 is 1.05 bits per heavy atom. The number of nitrogens with one attached hydrogen (secondary N) is 1. The fraction of sp³-hybridized carbons (Fsp3) is 0.310. The van der Waals surface area contributed by atoms with Gasteiger partial charge in [0.1, 0.15) is 17.6 Å². The van der Waals surface area contributed by atoms with Gasteiger partial charge in [-0.05, 0) is 80.1 Å². The van der Waals surface area contributed by atoms with Crippen LogP contribution in [-0.4, -0.2) is 36.7 Å². The Bertz CT molecular complexity index is 1550. The zero-order valence-electron chi connectivity index (χ0n) is 22.1. The number of pyridine rings is 1. The maximum absolute atomic E-state index is 13.7. The van der Waals surface area contributed by atoms with Crippen LogP contribution in [0.15, 0.2) is 82.2 Å². The lowest BCUT2D eigenvalue weighted by Gasteiger charge is -2.32. The molecule has 0 radical (unpaired) electrons. The molecule has 9 heteroatoms. The number of ether oxygens (including phenoxy) is 1. The molecule has 5 rings (SSSR count). The molecular weight excluding hydrogens is 480 g/mol. The summed E-state index contributed by atoms with van der Waals surface area (Å²) in [5, 5.41) is 13.7. The molecule has 0 bridgehead atoms. The monoisotopic (exact) mass is 512 g/mol. The van der Waals surface area contributed by atoms with Gasteiger partial charge in [0.15, 0.2) is 5.82 Å². The molecule has 0 aliphatic rings. The predicted molar refractivity (Wildman–Crippen MR) is 145 cm³/mol. The molecule has 0 aliphatic carbocycles. The average Bonchev–Trinajstić information content (AvgIpc) is 3.58. The molecule has 9 nitrogen and oxygen atoms in total. The lowest BCUT2D eigenvalue weighted by molar-refractivity contribution is 0.171. The topological polar surface area (TPSA) is 102 Å². The summed E-state index contributed by atoms with van der Waals surface area (Å²) in [6, 6.07) is 20.9. The molecule has 0 unspecified atom stereocenters. The first-order valence-electron chi connectivity index (χ1n) is 12.7. The zero-order chi connectivity index (χ0) is 26.7. The fourth-order valence-corrected chi connectivity index (χ4v) is 4.66. The van der Waals surface area contributed by atoms with Gasteiger partial charge in [0, 0.05) is 23.0 Å². The smallest absolute Gasteiger partial charge is 0.253 e. The van der Waals surface area contributed by atoms with E-state index in [-0.39, 0.29) is 5.56 Å². The molecule has 1 N–H and O–H groups in total. The van der Waals surface area contributed by atoms with Crippen molar-refractivity contribution >= 4 is 10.9 Å². The first kappa shape index (κ1) is 25.4. The molecule has 3 aromatic heterocycles. The highest BCUT2D eigenvalue weighted by Crippen LogP contribution is 2.32. The molecule has 0 fully saturated rings. The van der Waals surface area contributed by atoms with Crippen molar-refractivity contribution in [2.24, 2.45) is 0 Å². The van der Waals surface area contributed by atoms with Crippen molar-refractivity contribution in [2.75, 3.05) is 6.61 Å². The van der Waals surface area contributed by atoms with Crippen LogP contribution in [0.4, 0.5) is 0 Å². The van der Waals surface area contributed by atoms with E-state index in [0.29, 0.717) is 31.1 Å². The lowest BCUT2D eigenvalue weighted by atomic mass is 10.0. The van der Waals surface area contributed by atoms with Crippen LogP contribution in [0, 0.1) is 0 Å². The van der Waals surface area contributed by atoms with Gasteiger partial charge < -0.3 is 14.1 Å². The Kier molecular flexibility index (Phi) is 7.11. The quantitative estimate of drug-likeness (QED) is 0.295. The lowest BCUT2D eigenvalue weighted by Crippen LogP contribution is -2.37. The molecule has 0 amide bonds. The number of hydrogen-bond donors (Lipinski definition) is 1. The summed E-state index contributed by atoms with van der Waals surface area (Å²) >= 11 is 0. The van der Waals surface area contributed by atoms with Crippen molar-refractivity contribution in [3.05, 3.63) is 106 Å². The number of aromatic amines is 1. The van der Waals surface area contributed by atoms with Gasteiger partial charge in [0.05, 0.1) is 25.0 Å². The third kappa shape index (κ3) is 5.38. The summed E-state index contributed by atoms with van der Waals surface area (Å²) in [4.78, 5) is 18.9. The Hall–Kier alpha value is -4.24. The highest BCUT2D eigenvalue weighted by molar-refractivity contribution is 5.80. The SMILES string of the molecule is CCOc1ccc2[nH]c(=O)c([C@@H](c3nnnn3C(C)(C)C)N(Cc3ccccc3)Cc3ccco3)cc2c1. The molecule has 0 saturated carbocycles. The number of tetrazole rings is 1. The van der Waals surface area contributed by atoms with Crippen LogP contribution in [-0.2, 0) is 18.6 Å². The summed E-state index contributed by atoms with van der Waals surface area (Å²) in [6.45, 7) is 9.60. The van der Waals surface area contributed by atoms with Crippen LogP contribution in [0.1, 0.15) is 56.4 Å². The van der Waals surface area contributed by atoms with E-state index in [0.717, 1.165) is 28.0 Å².